The third-order valence-corrected chi connectivity index (χ3v) is 5.19. The van der Waals surface area contributed by atoms with Crippen LogP contribution in [0.25, 0.3) is 0 Å². The Labute approximate surface area is 163 Å². The van der Waals surface area contributed by atoms with Gasteiger partial charge in [0.25, 0.3) is 5.69 Å². The molecule has 7 nitrogen and oxygen atoms in total. The van der Waals surface area contributed by atoms with Gasteiger partial charge in [0.2, 0.25) is 0 Å². The fourth-order valence-electron chi connectivity index (χ4n) is 3.56. The Bertz CT molecular complexity index is 864. The highest BCUT2D eigenvalue weighted by molar-refractivity contribution is 6.31. The number of benzene rings is 1. The lowest BCUT2D eigenvalue weighted by atomic mass is 9.93. The maximum Gasteiger partial charge on any atom is 0.418 e. The first-order valence-electron chi connectivity index (χ1n) is 8.65. The first-order valence-corrected chi connectivity index (χ1v) is 9.02. The molecule has 11 heteroatoms. The van der Waals surface area contributed by atoms with Crippen molar-refractivity contribution in [2.45, 2.75) is 31.5 Å². The van der Waals surface area contributed by atoms with E-state index < -0.39 is 27.4 Å². The molecule has 1 fully saturated rings. The average molecular weight is 419 g/mol. The molecule has 0 radical (unpaired) electrons. The summed E-state index contributed by atoms with van der Waals surface area (Å²) in [6.45, 7) is 1.20. The Kier molecular flexibility index (Phi) is 5.80. The second kappa shape index (κ2) is 7.96. The number of piperidine rings is 1. The van der Waals surface area contributed by atoms with Crippen LogP contribution in [0, 0.1) is 10.1 Å². The van der Waals surface area contributed by atoms with Crippen LogP contribution in [-0.2, 0) is 12.7 Å². The van der Waals surface area contributed by atoms with Crippen molar-refractivity contribution >= 4 is 23.0 Å². The molecule has 1 saturated heterocycles. The van der Waals surface area contributed by atoms with Crippen molar-refractivity contribution in [3.05, 3.63) is 50.8 Å². The molecule has 0 amide bonds. The number of nitro groups is 1. The van der Waals surface area contributed by atoms with Gasteiger partial charge in [0, 0.05) is 37.0 Å². The molecule has 1 aliphatic heterocycles. The van der Waals surface area contributed by atoms with Crippen LogP contribution < -0.4 is 4.90 Å². The predicted octanol–water partition coefficient (Wildman–Crippen LogP) is 3.84. The number of halogens is 4. The third-order valence-electron chi connectivity index (χ3n) is 4.88. The first kappa shape index (κ1) is 20.4. The van der Waals surface area contributed by atoms with Gasteiger partial charge in [-0.1, -0.05) is 11.6 Å². The molecule has 3 rings (SSSR count). The fourth-order valence-corrected chi connectivity index (χ4v) is 3.82. The van der Waals surface area contributed by atoms with E-state index in [9.17, 15) is 23.3 Å². The molecule has 2 heterocycles. The number of anilines is 1. The minimum absolute atomic E-state index is 0.0379. The van der Waals surface area contributed by atoms with Crippen molar-refractivity contribution in [2.75, 3.05) is 24.6 Å². The van der Waals surface area contributed by atoms with Crippen molar-refractivity contribution in [2.24, 2.45) is 0 Å². The molecule has 0 spiro atoms. The third kappa shape index (κ3) is 4.07. The van der Waals surface area contributed by atoms with E-state index in [4.69, 9.17) is 16.7 Å². The first-order chi connectivity index (χ1) is 13.2. The molecule has 28 heavy (non-hydrogen) atoms. The molecule has 1 N–H and O–H groups in total. The van der Waals surface area contributed by atoms with Crippen molar-refractivity contribution in [3.63, 3.8) is 0 Å². The minimum Gasteiger partial charge on any atom is -0.394 e. The second-order valence-corrected chi connectivity index (χ2v) is 6.95. The second-order valence-electron chi connectivity index (χ2n) is 6.54. The number of aromatic nitrogens is 2. The highest BCUT2D eigenvalue weighted by atomic mass is 35.5. The van der Waals surface area contributed by atoms with Crippen LogP contribution in [0.2, 0.25) is 5.02 Å². The molecule has 2 aromatic rings. The van der Waals surface area contributed by atoms with Gasteiger partial charge in [-0.15, -0.1) is 0 Å². The summed E-state index contributed by atoms with van der Waals surface area (Å²) in [5, 5.41) is 24.1. The normalized spacial score (nSPS) is 15.8. The molecular weight excluding hydrogens is 401 g/mol. The van der Waals surface area contributed by atoms with Crippen LogP contribution in [0.1, 0.15) is 30.0 Å². The molecule has 1 aromatic heterocycles. The quantitative estimate of drug-likeness (QED) is 0.589. The lowest BCUT2D eigenvalue weighted by molar-refractivity contribution is -0.384. The molecule has 0 atom stereocenters. The predicted molar refractivity (Wildman–Crippen MR) is 96.6 cm³/mol. The maximum absolute atomic E-state index is 13.0. The van der Waals surface area contributed by atoms with Crippen molar-refractivity contribution in [3.8, 4) is 0 Å². The van der Waals surface area contributed by atoms with Crippen LogP contribution in [0.3, 0.4) is 0 Å². The van der Waals surface area contributed by atoms with E-state index in [0.29, 0.717) is 38.5 Å². The molecule has 152 valence electrons. The monoisotopic (exact) mass is 418 g/mol. The highest BCUT2D eigenvalue weighted by Crippen LogP contribution is 2.42. The maximum atomic E-state index is 13.0. The summed E-state index contributed by atoms with van der Waals surface area (Å²) in [6, 6.07) is 3.40. The smallest absolute Gasteiger partial charge is 0.394 e. The van der Waals surface area contributed by atoms with Crippen LogP contribution in [0.4, 0.5) is 24.5 Å². The highest BCUT2D eigenvalue weighted by Gasteiger charge is 2.37. The van der Waals surface area contributed by atoms with Gasteiger partial charge >= 0.3 is 6.18 Å². The van der Waals surface area contributed by atoms with E-state index in [1.807, 2.05) is 6.07 Å². The Morgan fingerprint density at radius 2 is 2.00 bits per heavy atom. The van der Waals surface area contributed by atoms with Gasteiger partial charge in [-0.05, 0) is 25.0 Å². The van der Waals surface area contributed by atoms with Gasteiger partial charge in [0.05, 0.1) is 28.7 Å². The summed E-state index contributed by atoms with van der Waals surface area (Å²) in [5.74, 6) is 0.147. The molecule has 0 bridgehead atoms. The Morgan fingerprint density at radius 3 is 2.57 bits per heavy atom. The van der Waals surface area contributed by atoms with Gasteiger partial charge in [-0.3, -0.25) is 14.8 Å². The van der Waals surface area contributed by atoms with Gasteiger partial charge in [-0.2, -0.15) is 18.3 Å². The van der Waals surface area contributed by atoms with Gasteiger partial charge in [-0.25, -0.2) is 0 Å². The van der Waals surface area contributed by atoms with Crippen LogP contribution in [0.5, 0.6) is 0 Å². The van der Waals surface area contributed by atoms with Crippen LogP contribution >= 0.6 is 11.6 Å². The molecule has 0 saturated carbocycles. The van der Waals surface area contributed by atoms with E-state index in [-0.39, 0.29) is 18.2 Å². The minimum atomic E-state index is -4.77. The van der Waals surface area contributed by atoms with E-state index in [2.05, 4.69) is 5.10 Å². The zero-order valence-electron chi connectivity index (χ0n) is 14.7. The molecule has 1 aromatic carbocycles. The number of nitro benzene ring substituents is 1. The molecule has 0 aliphatic carbocycles. The molecular formula is C17H18ClF3N4O3. The molecule has 0 unspecified atom stereocenters. The number of hydrogen-bond acceptors (Lipinski definition) is 5. The van der Waals surface area contributed by atoms with Crippen LogP contribution in [0.15, 0.2) is 24.4 Å². The fraction of sp³-hybridized carbons (Fsp3) is 0.471. The lowest BCUT2D eigenvalue weighted by Crippen LogP contribution is -2.34. The zero-order chi connectivity index (χ0) is 20.5. The molecule has 1 aliphatic rings. The lowest BCUT2D eigenvalue weighted by Gasteiger charge is -2.33. The summed E-state index contributed by atoms with van der Waals surface area (Å²) < 4.78 is 40.8. The summed E-state index contributed by atoms with van der Waals surface area (Å²) >= 11 is 5.77. The van der Waals surface area contributed by atoms with E-state index in [0.717, 1.165) is 11.8 Å². The van der Waals surface area contributed by atoms with Crippen molar-refractivity contribution in [1.29, 1.82) is 0 Å². The summed E-state index contributed by atoms with van der Waals surface area (Å²) in [7, 11) is 0. The van der Waals surface area contributed by atoms with E-state index >= 15 is 0 Å². The van der Waals surface area contributed by atoms with Gasteiger partial charge < -0.3 is 10.0 Å². The van der Waals surface area contributed by atoms with Crippen LogP contribution in [-0.4, -0.2) is 39.5 Å². The number of aliphatic hydroxyl groups is 1. The van der Waals surface area contributed by atoms with Gasteiger partial charge in [0.1, 0.15) is 5.69 Å². The summed E-state index contributed by atoms with van der Waals surface area (Å²) in [4.78, 5) is 12.2. The SMILES string of the molecule is O=[N+]([O-])c1cc(C(F)(F)F)c(Cl)cc1N1CCC(c2ccnn2CCO)CC1. The Morgan fingerprint density at radius 1 is 1.32 bits per heavy atom. The number of alkyl halides is 3. The topological polar surface area (TPSA) is 84.4 Å². The standard InChI is InChI=1S/C17H18ClF3N4O3/c18-13-10-15(16(25(27)28)9-12(13)17(19,20)21)23-5-2-11(3-6-23)14-1-4-22-24(14)7-8-26/h1,4,9-11,26H,2-3,5-8H2. The largest absolute Gasteiger partial charge is 0.418 e. The summed E-state index contributed by atoms with van der Waals surface area (Å²) in [6.07, 6.45) is -1.82. The Balaban J connectivity index is 1.83. The van der Waals surface area contributed by atoms with Crippen molar-refractivity contribution < 1.29 is 23.2 Å². The average Bonchev–Trinajstić information content (AvgIpc) is 3.09. The zero-order valence-corrected chi connectivity index (χ0v) is 15.4. The number of rotatable bonds is 5. The summed E-state index contributed by atoms with van der Waals surface area (Å²) in [5.41, 5.74) is -0.771. The number of hydrogen-bond donors (Lipinski definition) is 1. The van der Waals surface area contributed by atoms with Crippen molar-refractivity contribution in [1.82, 2.24) is 9.78 Å². The van der Waals surface area contributed by atoms with Gasteiger partial charge in [0.15, 0.2) is 0 Å². The van der Waals surface area contributed by atoms with E-state index in [1.165, 1.54) is 0 Å². The Hall–Kier alpha value is -2.33. The number of nitrogens with zero attached hydrogens (tertiary/aromatic N) is 4. The van der Waals surface area contributed by atoms with E-state index in [1.54, 1.807) is 15.8 Å². The number of aliphatic hydroxyl groups excluding tert-OH is 1.